The number of halogens is 1. The standard InChI is InChI=1S/C15H23ClN2O/c1-11(17-2)14-5-4-13(10-15(14)16)18(3)12-6-8-19-9-7-12/h4-5,10-12,17H,6-9H2,1-3H3. The third kappa shape index (κ3) is 3.41. The van der Waals surface area contributed by atoms with Crippen molar-refractivity contribution >= 4 is 17.3 Å². The van der Waals surface area contributed by atoms with Gasteiger partial charge in [0.05, 0.1) is 0 Å². The molecular weight excluding hydrogens is 260 g/mol. The molecule has 1 unspecified atom stereocenters. The summed E-state index contributed by atoms with van der Waals surface area (Å²) in [5, 5.41) is 4.05. The highest BCUT2D eigenvalue weighted by atomic mass is 35.5. The second-order valence-corrected chi connectivity index (χ2v) is 5.58. The highest BCUT2D eigenvalue weighted by Gasteiger charge is 2.19. The average Bonchev–Trinajstić information content (AvgIpc) is 2.46. The topological polar surface area (TPSA) is 24.5 Å². The molecule has 0 aliphatic carbocycles. The summed E-state index contributed by atoms with van der Waals surface area (Å²) < 4.78 is 5.41. The maximum atomic E-state index is 6.39. The van der Waals surface area contributed by atoms with Crippen molar-refractivity contribution in [3.05, 3.63) is 28.8 Å². The van der Waals surface area contributed by atoms with E-state index in [-0.39, 0.29) is 6.04 Å². The molecule has 0 spiro atoms. The third-order valence-electron chi connectivity index (χ3n) is 4.03. The smallest absolute Gasteiger partial charge is 0.0485 e. The Morgan fingerprint density at radius 3 is 2.63 bits per heavy atom. The Balaban J connectivity index is 2.14. The normalized spacial score (nSPS) is 18.3. The highest BCUT2D eigenvalue weighted by molar-refractivity contribution is 6.31. The minimum Gasteiger partial charge on any atom is -0.381 e. The first kappa shape index (κ1) is 14.6. The predicted molar refractivity (Wildman–Crippen MR) is 81.2 cm³/mol. The Morgan fingerprint density at radius 2 is 2.05 bits per heavy atom. The SMILES string of the molecule is CNC(C)c1ccc(N(C)C2CCOCC2)cc1Cl. The van der Waals surface area contributed by atoms with Crippen LogP contribution in [0.15, 0.2) is 18.2 Å². The van der Waals surface area contributed by atoms with Crippen LogP contribution in [0.3, 0.4) is 0 Å². The first-order valence-corrected chi connectivity index (χ1v) is 7.28. The van der Waals surface area contributed by atoms with Crippen molar-refractivity contribution in [1.29, 1.82) is 0 Å². The van der Waals surface area contributed by atoms with E-state index in [4.69, 9.17) is 16.3 Å². The van der Waals surface area contributed by atoms with Crippen molar-refractivity contribution in [2.45, 2.75) is 31.8 Å². The molecule has 1 aliphatic rings. The Kier molecular flexibility index (Phi) is 5.08. The van der Waals surface area contributed by atoms with Gasteiger partial charge in [0, 0.05) is 43.1 Å². The van der Waals surface area contributed by atoms with E-state index >= 15 is 0 Å². The minimum absolute atomic E-state index is 0.273. The lowest BCUT2D eigenvalue weighted by atomic mass is 10.0. The summed E-state index contributed by atoms with van der Waals surface area (Å²) >= 11 is 6.39. The summed E-state index contributed by atoms with van der Waals surface area (Å²) in [4.78, 5) is 2.32. The molecule has 0 amide bonds. The van der Waals surface area contributed by atoms with E-state index in [1.165, 1.54) is 5.69 Å². The quantitative estimate of drug-likeness (QED) is 0.918. The number of hydrogen-bond donors (Lipinski definition) is 1. The van der Waals surface area contributed by atoms with E-state index in [2.05, 4.69) is 42.4 Å². The Bertz CT molecular complexity index is 419. The zero-order valence-electron chi connectivity index (χ0n) is 11.9. The van der Waals surface area contributed by atoms with Gasteiger partial charge in [-0.3, -0.25) is 0 Å². The fourth-order valence-electron chi connectivity index (χ4n) is 2.53. The molecule has 0 radical (unpaired) electrons. The van der Waals surface area contributed by atoms with Gasteiger partial charge in [0.15, 0.2) is 0 Å². The molecule has 2 rings (SSSR count). The van der Waals surface area contributed by atoms with Gasteiger partial charge < -0.3 is 15.0 Å². The molecule has 106 valence electrons. The van der Waals surface area contributed by atoms with E-state index in [0.29, 0.717) is 6.04 Å². The summed E-state index contributed by atoms with van der Waals surface area (Å²) in [5.41, 5.74) is 2.33. The zero-order chi connectivity index (χ0) is 13.8. The molecule has 1 aliphatic heterocycles. The summed E-state index contributed by atoms with van der Waals surface area (Å²) in [7, 11) is 4.09. The van der Waals surface area contributed by atoms with Crippen molar-refractivity contribution in [3.8, 4) is 0 Å². The fourth-order valence-corrected chi connectivity index (χ4v) is 2.86. The number of hydrogen-bond acceptors (Lipinski definition) is 3. The molecule has 4 heteroatoms. The largest absolute Gasteiger partial charge is 0.381 e. The average molecular weight is 283 g/mol. The van der Waals surface area contributed by atoms with Gasteiger partial charge in [-0.25, -0.2) is 0 Å². The molecule has 1 heterocycles. The Hall–Kier alpha value is -0.770. The molecule has 0 aromatic heterocycles. The van der Waals surface area contributed by atoms with Gasteiger partial charge >= 0.3 is 0 Å². The van der Waals surface area contributed by atoms with Crippen LogP contribution >= 0.6 is 11.6 Å². The van der Waals surface area contributed by atoms with Crippen molar-refractivity contribution in [2.24, 2.45) is 0 Å². The second-order valence-electron chi connectivity index (χ2n) is 5.17. The molecule has 19 heavy (non-hydrogen) atoms. The summed E-state index contributed by atoms with van der Waals surface area (Å²) in [6, 6.07) is 7.17. The molecule has 0 saturated carbocycles. The van der Waals surface area contributed by atoms with Crippen LogP contribution in [-0.2, 0) is 4.74 Å². The van der Waals surface area contributed by atoms with Gasteiger partial charge in [-0.05, 0) is 44.5 Å². The molecular formula is C15H23ClN2O. The lowest BCUT2D eigenvalue weighted by Gasteiger charge is -2.33. The lowest BCUT2D eigenvalue weighted by molar-refractivity contribution is 0.0855. The Labute approximate surface area is 120 Å². The van der Waals surface area contributed by atoms with Gasteiger partial charge in [-0.15, -0.1) is 0 Å². The first-order chi connectivity index (χ1) is 9.13. The van der Waals surface area contributed by atoms with Gasteiger partial charge in [0.2, 0.25) is 0 Å². The number of nitrogens with zero attached hydrogens (tertiary/aromatic N) is 1. The monoisotopic (exact) mass is 282 g/mol. The maximum Gasteiger partial charge on any atom is 0.0485 e. The summed E-state index contributed by atoms with van der Waals surface area (Å²) in [6.07, 6.45) is 2.17. The van der Waals surface area contributed by atoms with E-state index in [0.717, 1.165) is 36.6 Å². The van der Waals surface area contributed by atoms with Crippen LogP contribution in [0.5, 0.6) is 0 Å². The van der Waals surface area contributed by atoms with Crippen molar-refractivity contribution in [3.63, 3.8) is 0 Å². The number of anilines is 1. The molecule has 3 nitrogen and oxygen atoms in total. The molecule has 1 N–H and O–H groups in total. The molecule has 0 bridgehead atoms. The molecule has 1 aromatic rings. The summed E-state index contributed by atoms with van der Waals surface area (Å²) in [6.45, 7) is 3.83. The van der Waals surface area contributed by atoms with Gasteiger partial charge in [0.25, 0.3) is 0 Å². The van der Waals surface area contributed by atoms with Crippen LogP contribution in [0.4, 0.5) is 5.69 Å². The maximum absolute atomic E-state index is 6.39. The highest BCUT2D eigenvalue weighted by Crippen LogP contribution is 2.29. The number of benzene rings is 1. The second kappa shape index (κ2) is 6.60. The lowest BCUT2D eigenvalue weighted by Crippen LogP contribution is -2.36. The first-order valence-electron chi connectivity index (χ1n) is 6.90. The van der Waals surface area contributed by atoms with E-state index in [9.17, 15) is 0 Å². The van der Waals surface area contributed by atoms with E-state index in [1.807, 2.05) is 7.05 Å². The number of rotatable bonds is 4. The van der Waals surface area contributed by atoms with Crippen LogP contribution in [0, 0.1) is 0 Å². The van der Waals surface area contributed by atoms with Gasteiger partial charge in [0.1, 0.15) is 0 Å². The third-order valence-corrected chi connectivity index (χ3v) is 4.36. The number of ether oxygens (including phenoxy) is 1. The van der Waals surface area contributed by atoms with Crippen molar-refractivity contribution in [1.82, 2.24) is 5.32 Å². The molecule has 1 atom stereocenters. The van der Waals surface area contributed by atoms with Crippen LogP contribution in [-0.4, -0.2) is 33.4 Å². The summed E-state index contributed by atoms with van der Waals surface area (Å²) in [5.74, 6) is 0. The van der Waals surface area contributed by atoms with Crippen LogP contribution in [0.25, 0.3) is 0 Å². The van der Waals surface area contributed by atoms with Crippen molar-refractivity contribution < 1.29 is 4.74 Å². The van der Waals surface area contributed by atoms with Crippen LogP contribution in [0.2, 0.25) is 5.02 Å². The van der Waals surface area contributed by atoms with Crippen molar-refractivity contribution in [2.75, 3.05) is 32.2 Å². The Morgan fingerprint density at radius 1 is 1.37 bits per heavy atom. The van der Waals surface area contributed by atoms with Gasteiger partial charge in [-0.1, -0.05) is 17.7 Å². The minimum atomic E-state index is 0.273. The van der Waals surface area contributed by atoms with Gasteiger partial charge in [-0.2, -0.15) is 0 Å². The van der Waals surface area contributed by atoms with E-state index in [1.54, 1.807) is 0 Å². The van der Waals surface area contributed by atoms with Crippen LogP contribution in [0.1, 0.15) is 31.4 Å². The molecule has 1 aromatic carbocycles. The zero-order valence-corrected chi connectivity index (χ0v) is 12.7. The predicted octanol–water partition coefficient (Wildman–Crippen LogP) is 3.24. The molecule has 1 fully saturated rings. The van der Waals surface area contributed by atoms with E-state index < -0.39 is 0 Å². The van der Waals surface area contributed by atoms with Crippen LogP contribution < -0.4 is 10.2 Å². The fraction of sp³-hybridized carbons (Fsp3) is 0.600. The number of nitrogens with one attached hydrogen (secondary N) is 1. The molecule has 1 saturated heterocycles.